The van der Waals surface area contributed by atoms with Gasteiger partial charge in [0.15, 0.2) is 0 Å². The number of aryl methyl sites for hydroxylation is 2. The van der Waals surface area contributed by atoms with Crippen LogP contribution in [0.2, 0.25) is 0 Å². The molecule has 4 rings (SSSR count). The van der Waals surface area contributed by atoms with Gasteiger partial charge in [-0.15, -0.1) is 11.8 Å². The summed E-state index contributed by atoms with van der Waals surface area (Å²) < 4.78 is 2.15. The van der Waals surface area contributed by atoms with Crippen molar-refractivity contribution in [3.63, 3.8) is 0 Å². The number of benzene rings is 3. The van der Waals surface area contributed by atoms with Crippen molar-refractivity contribution in [3.05, 3.63) is 71.8 Å². The van der Waals surface area contributed by atoms with Crippen molar-refractivity contribution in [3.8, 4) is 22.5 Å². The average molecular weight is 372 g/mol. The molecule has 0 saturated carbocycles. The van der Waals surface area contributed by atoms with E-state index in [9.17, 15) is 4.79 Å². The van der Waals surface area contributed by atoms with E-state index in [1.165, 1.54) is 4.90 Å². The van der Waals surface area contributed by atoms with Gasteiger partial charge in [0, 0.05) is 23.1 Å². The van der Waals surface area contributed by atoms with E-state index < -0.39 is 0 Å². The van der Waals surface area contributed by atoms with Crippen molar-refractivity contribution in [1.82, 2.24) is 9.55 Å². The Morgan fingerprint density at radius 1 is 0.926 bits per heavy atom. The quantitative estimate of drug-likeness (QED) is 0.338. The standard InChI is InChI=1S/C23H20N2OS/c1-15-12-19(17-6-4-16(14-26)5-7-17)13-21-22(15)24-23(25(21)2)18-8-10-20(27-3)11-9-18/h4-14H,1-3H3. The Morgan fingerprint density at radius 3 is 2.22 bits per heavy atom. The first-order valence-electron chi connectivity index (χ1n) is 8.78. The highest BCUT2D eigenvalue weighted by molar-refractivity contribution is 7.98. The predicted octanol–water partition coefficient (Wildman–Crippen LogP) is 5.75. The van der Waals surface area contributed by atoms with Crippen LogP contribution in [0, 0.1) is 6.92 Å². The van der Waals surface area contributed by atoms with Gasteiger partial charge in [-0.05, 0) is 54.1 Å². The summed E-state index contributed by atoms with van der Waals surface area (Å²) in [5.74, 6) is 0.967. The highest BCUT2D eigenvalue weighted by Crippen LogP contribution is 2.31. The summed E-state index contributed by atoms with van der Waals surface area (Å²) in [6, 6.07) is 20.5. The molecule has 0 saturated heterocycles. The van der Waals surface area contributed by atoms with Gasteiger partial charge in [0.05, 0.1) is 11.0 Å². The van der Waals surface area contributed by atoms with Crippen molar-refractivity contribution in [1.29, 1.82) is 0 Å². The molecule has 0 atom stereocenters. The number of imidazole rings is 1. The maximum atomic E-state index is 10.9. The van der Waals surface area contributed by atoms with Crippen molar-refractivity contribution in [2.45, 2.75) is 11.8 Å². The van der Waals surface area contributed by atoms with E-state index in [-0.39, 0.29) is 0 Å². The summed E-state index contributed by atoms with van der Waals surface area (Å²) >= 11 is 1.74. The fourth-order valence-corrected chi connectivity index (χ4v) is 3.78. The highest BCUT2D eigenvalue weighted by Gasteiger charge is 2.13. The molecule has 3 nitrogen and oxygen atoms in total. The Kier molecular flexibility index (Phi) is 4.58. The minimum Gasteiger partial charge on any atom is -0.327 e. The molecule has 0 radical (unpaired) electrons. The normalized spacial score (nSPS) is 11.1. The molecule has 3 aromatic carbocycles. The SMILES string of the molecule is CSc1ccc(-c2nc3c(C)cc(-c4ccc(C=O)cc4)cc3n2C)cc1. The first-order valence-corrected chi connectivity index (χ1v) is 10.0. The third kappa shape index (κ3) is 3.17. The molecule has 0 aliphatic carbocycles. The van der Waals surface area contributed by atoms with E-state index in [4.69, 9.17) is 4.98 Å². The lowest BCUT2D eigenvalue weighted by Crippen LogP contribution is -1.92. The fourth-order valence-electron chi connectivity index (χ4n) is 3.38. The molecule has 4 aromatic rings. The summed E-state index contributed by atoms with van der Waals surface area (Å²) in [6.45, 7) is 2.10. The van der Waals surface area contributed by atoms with Gasteiger partial charge in [-0.1, -0.05) is 36.4 Å². The van der Waals surface area contributed by atoms with E-state index >= 15 is 0 Å². The molecule has 134 valence electrons. The molecule has 0 fully saturated rings. The first kappa shape index (κ1) is 17.6. The van der Waals surface area contributed by atoms with Crippen LogP contribution in [0.25, 0.3) is 33.5 Å². The van der Waals surface area contributed by atoms with Crippen LogP contribution in [-0.2, 0) is 7.05 Å². The number of nitrogens with zero attached hydrogens (tertiary/aromatic N) is 2. The number of hydrogen-bond donors (Lipinski definition) is 0. The van der Waals surface area contributed by atoms with Crippen LogP contribution in [0.1, 0.15) is 15.9 Å². The number of aromatic nitrogens is 2. The monoisotopic (exact) mass is 372 g/mol. The predicted molar refractivity (Wildman–Crippen MR) is 113 cm³/mol. The molecule has 27 heavy (non-hydrogen) atoms. The van der Waals surface area contributed by atoms with E-state index in [1.54, 1.807) is 11.8 Å². The second-order valence-corrected chi connectivity index (χ2v) is 7.50. The molecule has 0 N–H and O–H groups in total. The zero-order chi connectivity index (χ0) is 19.0. The Balaban J connectivity index is 1.84. The topological polar surface area (TPSA) is 34.9 Å². The van der Waals surface area contributed by atoms with Crippen LogP contribution in [-0.4, -0.2) is 22.1 Å². The summed E-state index contributed by atoms with van der Waals surface area (Å²) in [5, 5.41) is 0. The van der Waals surface area contributed by atoms with Gasteiger partial charge in [0.1, 0.15) is 12.1 Å². The number of fused-ring (bicyclic) bond motifs is 1. The Labute approximate surface area is 163 Å². The van der Waals surface area contributed by atoms with E-state index in [0.717, 1.165) is 45.4 Å². The molecule has 4 heteroatoms. The van der Waals surface area contributed by atoms with Gasteiger partial charge < -0.3 is 4.57 Å². The Morgan fingerprint density at radius 2 is 1.59 bits per heavy atom. The molecule has 0 amide bonds. The molecule has 0 unspecified atom stereocenters. The van der Waals surface area contributed by atoms with Gasteiger partial charge in [0.25, 0.3) is 0 Å². The smallest absolute Gasteiger partial charge is 0.150 e. The lowest BCUT2D eigenvalue weighted by atomic mass is 10.0. The third-order valence-electron chi connectivity index (χ3n) is 4.91. The molecular weight excluding hydrogens is 352 g/mol. The van der Waals surface area contributed by atoms with Gasteiger partial charge in [-0.2, -0.15) is 0 Å². The first-order chi connectivity index (χ1) is 13.1. The van der Waals surface area contributed by atoms with Crippen LogP contribution in [0.15, 0.2) is 65.6 Å². The van der Waals surface area contributed by atoms with Crippen LogP contribution in [0.5, 0.6) is 0 Å². The number of aldehydes is 1. The van der Waals surface area contributed by atoms with Crippen LogP contribution < -0.4 is 0 Å². The highest BCUT2D eigenvalue weighted by atomic mass is 32.2. The van der Waals surface area contributed by atoms with Crippen LogP contribution in [0.3, 0.4) is 0 Å². The maximum absolute atomic E-state index is 10.9. The number of carbonyl (C=O) groups is 1. The average Bonchev–Trinajstić information content (AvgIpc) is 3.05. The van der Waals surface area contributed by atoms with Crippen molar-refractivity contribution < 1.29 is 4.79 Å². The zero-order valence-electron chi connectivity index (χ0n) is 15.6. The van der Waals surface area contributed by atoms with Gasteiger partial charge in [-0.25, -0.2) is 4.98 Å². The van der Waals surface area contributed by atoms with Crippen molar-refractivity contribution in [2.75, 3.05) is 6.26 Å². The molecule has 0 aliphatic heterocycles. The van der Waals surface area contributed by atoms with Crippen molar-refractivity contribution in [2.24, 2.45) is 7.05 Å². The molecule has 1 heterocycles. The second kappa shape index (κ2) is 7.05. The number of hydrogen-bond acceptors (Lipinski definition) is 3. The van der Waals surface area contributed by atoms with Gasteiger partial charge in [-0.3, -0.25) is 4.79 Å². The summed E-state index contributed by atoms with van der Waals surface area (Å²) in [6.07, 6.45) is 2.95. The van der Waals surface area contributed by atoms with E-state index in [1.807, 2.05) is 24.3 Å². The zero-order valence-corrected chi connectivity index (χ0v) is 16.4. The molecule has 0 bridgehead atoms. The second-order valence-electron chi connectivity index (χ2n) is 6.62. The lowest BCUT2D eigenvalue weighted by Gasteiger charge is -2.06. The van der Waals surface area contributed by atoms with Gasteiger partial charge in [0.2, 0.25) is 0 Å². The molecule has 0 spiro atoms. The maximum Gasteiger partial charge on any atom is 0.150 e. The number of rotatable bonds is 4. The van der Waals surface area contributed by atoms with E-state index in [0.29, 0.717) is 5.56 Å². The lowest BCUT2D eigenvalue weighted by molar-refractivity contribution is 0.112. The minimum atomic E-state index is 0.688. The minimum absolute atomic E-state index is 0.688. The number of carbonyl (C=O) groups excluding carboxylic acids is 1. The summed E-state index contributed by atoms with van der Waals surface area (Å²) in [4.78, 5) is 17.0. The molecule has 0 aliphatic rings. The van der Waals surface area contributed by atoms with Crippen LogP contribution in [0.4, 0.5) is 0 Å². The Bertz CT molecular complexity index is 1130. The van der Waals surface area contributed by atoms with E-state index in [2.05, 4.69) is 61.2 Å². The fraction of sp³-hybridized carbons (Fsp3) is 0.130. The Hall–Kier alpha value is -2.85. The van der Waals surface area contributed by atoms with Gasteiger partial charge >= 0.3 is 0 Å². The molecule has 1 aromatic heterocycles. The summed E-state index contributed by atoms with van der Waals surface area (Å²) in [5.41, 5.74) is 7.30. The van der Waals surface area contributed by atoms with Crippen LogP contribution >= 0.6 is 11.8 Å². The molecular formula is C23H20N2OS. The largest absolute Gasteiger partial charge is 0.327 e. The van der Waals surface area contributed by atoms with Crippen molar-refractivity contribution >= 4 is 29.1 Å². The number of thioether (sulfide) groups is 1. The summed E-state index contributed by atoms with van der Waals surface area (Å²) in [7, 11) is 2.06. The third-order valence-corrected chi connectivity index (χ3v) is 5.65.